The first kappa shape index (κ1) is 31.2. The maximum Gasteiger partial charge on any atom is 0.270 e. The maximum atomic E-state index is 13.5. The summed E-state index contributed by atoms with van der Waals surface area (Å²) in [6, 6.07) is 23.0. The number of carbonyl (C=O) groups is 1. The van der Waals surface area contributed by atoms with Crippen molar-refractivity contribution in [3.8, 4) is 17.2 Å². The van der Waals surface area contributed by atoms with E-state index in [0.717, 1.165) is 47.5 Å². The second-order valence-corrected chi connectivity index (χ2v) is 12.9. The van der Waals surface area contributed by atoms with Crippen LogP contribution in [-0.4, -0.2) is 52.2 Å². The standard InChI is InChI=1S/C37H41N5O4/c1-25-39-36(46-41-25)34(21-26-7-12-30(13-8-26)44-20-19-42-17-5-6-18-42)40-35(43)33-23-28-22-32(14-9-27(28)24-38-33)45-31-15-10-29(11-16-31)37(2,3)4/h7-16,22-24,34H,5-6,17-21H2,1-4H3,(H,40,43)/t34-/m0/s1. The summed E-state index contributed by atoms with van der Waals surface area (Å²) < 4.78 is 17.6. The molecule has 0 radical (unpaired) electrons. The molecule has 46 heavy (non-hydrogen) atoms. The molecule has 238 valence electrons. The highest BCUT2D eigenvalue weighted by Gasteiger charge is 2.23. The third-order valence-electron chi connectivity index (χ3n) is 8.27. The molecule has 0 unspecified atom stereocenters. The van der Waals surface area contributed by atoms with Crippen molar-refractivity contribution in [1.82, 2.24) is 25.3 Å². The molecule has 0 saturated carbocycles. The van der Waals surface area contributed by atoms with Gasteiger partial charge in [-0.05, 0) is 103 Å². The molecule has 0 bridgehead atoms. The minimum Gasteiger partial charge on any atom is -0.492 e. The Hall–Kier alpha value is -4.76. The predicted octanol–water partition coefficient (Wildman–Crippen LogP) is 7.20. The highest BCUT2D eigenvalue weighted by molar-refractivity contribution is 5.96. The van der Waals surface area contributed by atoms with Crippen LogP contribution < -0.4 is 14.8 Å². The van der Waals surface area contributed by atoms with Crippen LogP contribution >= 0.6 is 0 Å². The minimum atomic E-state index is -0.543. The molecule has 1 aliphatic heterocycles. The largest absolute Gasteiger partial charge is 0.492 e. The summed E-state index contributed by atoms with van der Waals surface area (Å²) in [6.07, 6.45) is 4.69. The molecule has 1 aliphatic rings. The lowest BCUT2D eigenvalue weighted by atomic mass is 9.87. The lowest BCUT2D eigenvalue weighted by Crippen LogP contribution is -2.31. The van der Waals surface area contributed by atoms with E-state index in [4.69, 9.17) is 14.0 Å². The zero-order valence-corrected chi connectivity index (χ0v) is 27.0. The van der Waals surface area contributed by atoms with Crippen LogP contribution in [0.2, 0.25) is 0 Å². The molecule has 2 aromatic heterocycles. The highest BCUT2D eigenvalue weighted by Crippen LogP contribution is 2.29. The van der Waals surface area contributed by atoms with Gasteiger partial charge in [-0.25, -0.2) is 0 Å². The van der Waals surface area contributed by atoms with Crippen LogP contribution in [-0.2, 0) is 11.8 Å². The van der Waals surface area contributed by atoms with Gasteiger partial charge in [-0.15, -0.1) is 0 Å². The van der Waals surface area contributed by atoms with E-state index in [9.17, 15) is 4.79 Å². The number of aryl methyl sites for hydroxylation is 1. The average molecular weight is 620 g/mol. The molecular formula is C37H41N5O4. The van der Waals surface area contributed by atoms with E-state index in [1.54, 1.807) is 19.2 Å². The topological polar surface area (TPSA) is 103 Å². The van der Waals surface area contributed by atoms with Crippen molar-refractivity contribution < 1.29 is 18.8 Å². The van der Waals surface area contributed by atoms with Crippen molar-refractivity contribution in [2.45, 2.75) is 58.4 Å². The van der Waals surface area contributed by atoms with Crippen LogP contribution in [0.3, 0.4) is 0 Å². The number of carbonyl (C=O) groups excluding carboxylic acids is 1. The van der Waals surface area contributed by atoms with Gasteiger partial charge >= 0.3 is 0 Å². The molecule has 9 nitrogen and oxygen atoms in total. The Bertz CT molecular complexity index is 1770. The number of pyridine rings is 1. The lowest BCUT2D eigenvalue weighted by Gasteiger charge is -2.19. The smallest absolute Gasteiger partial charge is 0.270 e. The first-order valence-corrected chi connectivity index (χ1v) is 15.9. The molecule has 0 spiro atoms. The van der Waals surface area contributed by atoms with Gasteiger partial charge in [-0.3, -0.25) is 14.7 Å². The SMILES string of the molecule is Cc1noc([C@H](Cc2ccc(OCCN3CCCC3)cc2)NC(=O)c2cc3cc(Oc4ccc(C(C)(C)C)cc4)ccc3cn2)n1. The van der Waals surface area contributed by atoms with Crippen molar-refractivity contribution in [3.63, 3.8) is 0 Å². The van der Waals surface area contributed by atoms with E-state index in [1.807, 2.05) is 54.6 Å². The molecule has 6 rings (SSSR count). The van der Waals surface area contributed by atoms with Crippen molar-refractivity contribution in [2.75, 3.05) is 26.2 Å². The quantitative estimate of drug-likeness (QED) is 0.166. The van der Waals surface area contributed by atoms with Gasteiger partial charge in [0.2, 0.25) is 5.89 Å². The fraction of sp³-hybridized carbons (Fsp3) is 0.351. The second-order valence-electron chi connectivity index (χ2n) is 12.9. The molecule has 0 aliphatic carbocycles. The molecule has 1 N–H and O–H groups in total. The van der Waals surface area contributed by atoms with Crippen LogP contribution in [0.1, 0.15) is 73.0 Å². The second kappa shape index (κ2) is 13.7. The highest BCUT2D eigenvalue weighted by atomic mass is 16.5. The summed E-state index contributed by atoms with van der Waals surface area (Å²) in [5.41, 5.74) is 2.58. The number of rotatable bonds is 11. The Labute approximate surface area is 269 Å². The normalized spacial score (nSPS) is 14.3. The van der Waals surface area contributed by atoms with Gasteiger partial charge in [-0.2, -0.15) is 4.98 Å². The summed E-state index contributed by atoms with van der Waals surface area (Å²) in [7, 11) is 0. The van der Waals surface area contributed by atoms with Crippen LogP contribution in [0.25, 0.3) is 10.8 Å². The Kier molecular flexibility index (Phi) is 9.30. The number of likely N-dealkylation sites (tertiary alicyclic amines) is 1. The molecule has 3 aromatic carbocycles. The average Bonchev–Trinajstić information content (AvgIpc) is 3.73. The van der Waals surface area contributed by atoms with Crippen molar-refractivity contribution in [1.29, 1.82) is 0 Å². The number of aromatic nitrogens is 3. The first-order valence-electron chi connectivity index (χ1n) is 15.9. The summed E-state index contributed by atoms with van der Waals surface area (Å²) in [5, 5.41) is 8.76. The lowest BCUT2D eigenvalue weighted by molar-refractivity contribution is 0.0923. The van der Waals surface area contributed by atoms with Crippen LogP contribution in [0.4, 0.5) is 0 Å². The molecule has 1 atom stereocenters. The van der Waals surface area contributed by atoms with E-state index in [1.165, 1.54) is 18.4 Å². The first-order chi connectivity index (χ1) is 22.2. The molecule has 1 fully saturated rings. The van der Waals surface area contributed by atoms with E-state index >= 15 is 0 Å². The van der Waals surface area contributed by atoms with Crippen LogP contribution in [0.15, 0.2) is 83.5 Å². The molecule has 1 amide bonds. The van der Waals surface area contributed by atoms with Gasteiger partial charge in [-0.1, -0.05) is 50.2 Å². The zero-order valence-electron chi connectivity index (χ0n) is 27.0. The fourth-order valence-electron chi connectivity index (χ4n) is 5.61. The van der Waals surface area contributed by atoms with Crippen LogP contribution in [0, 0.1) is 6.92 Å². The maximum absolute atomic E-state index is 13.5. The number of nitrogens with one attached hydrogen (secondary N) is 1. The van der Waals surface area contributed by atoms with Gasteiger partial charge in [0.15, 0.2) is 5.82 Å². The third kappa shape index (κ3) is 7.90. The van der Waals surface area contributed by atoms with E-state index in [0.29, 0.717) is 30.5 Å². The zero-order chi connectivity index (χ0) is 32.1. The molecule has 3 heterocycles. The number of hydrogen-bond donors (Lipinski definition) is 1. The minimum absolute atomic E-state index is 0.0684. The number of hydrogen-bond acceptors (Lipinski definition) is 8. The van der Waals surface area contributed by atoms with Gasteiger partial charge in [0.1, 0.15) is 35.6 Å². The molecule has 1 saturated heterocycles. The number of nitrogens with zero attached hydrogens (tertiary/aromatic N) is 4. The van der Waals surface area contributed by atoms with Crippen molar-refractivity contribution in [2.24, 2.45) is 0 Å². The number of ether oxygens (including phenoxy) is 2. The Balaban J connectivity index is 1.13. The summed E-state index contributed by atoms with van der Waals surface area (Å²) in [5.74, 6) is 2.75. The van der Waals surface area contributed by atoms with E-state index in [2.05, 4.69) is 58.2 Å². The Morgan fingerprint density at radius 3 is 2.35 bits per heavy atom. The van der Waals surface area contributed by atoms with Crippen molar-refractivity contribution in [3.05, 3.63) is 108 Å². The van der Waals surface area contributed by atoms with Gasteiger partial charge < -0.3 is 19.3 Å². The van der Waals surface area contributed by atoms with Crippen molar-refractivity contribution >= 4 is 16.7 Å². The summed E-state index contributed by atoms with van der Waals surface area (Å²) >= 11 is 0. The number of amides is 1. The predicted molar refractivity (Wildman–Crippen MR) is 178 cm³/mol. The molecule has 9 heteroatoms. The van der Waals surface area contributed by atoms with Gasteiger partial charge in [0.05, 0.1) is 0 Å². The summed E-state index contributed by atoms with van der Waals surface area (Å²) in [6.45, 7) is 12.2. The number of benzene rings is 3. The molecular weight excluding hydrogens is 578 g/mol. The van der Waals surface area contributed by atoms with E-state index < -0.39 is 6.04 Å². The Morgan fingerprint density at radius 1 is 0.935 bits per heavy atom. The van der Waals surface area contributed by atoms with Gasteiger partial charge in [0, 0.05) is 24.5 Å². The summed E-state index contributed by atoms with van der Waals surface area (Å²) in [4.78, 5) is 24.8. The van der Waals surface area contributed by atoms with Gasteiger partial charge in [0.25, 0.3) is 5.91 Å². The van der Waals surface area contributed by atoms with Crippen LogP contribution in [0.5, 0.6) is 17.2 Å². The fourth-order valence-corrected chi connectivity index (χ4v) is 5.61. The molecule has 5 aromatic rings. The monoisotopic (exact) mass is 619 g/mol. The third-order valence-corrected chi connectivity index (χ3v) is 8.27. The van der Waals surface area contributed by atoms with E-state index in [-0.39, 0.29) is 17.0 Å². The number of fused-ring (bicyclic) bond motifs is 1. The Morgan fingerprint density at radius 2 is 1.65 bits per heavy atom.